The minimum Gasteiger partial charge on any atom is -0.328 e. The van der Waals surface area contributed by atoms with Crippen molar-refractivity contribution in [2.45, 2.75) is 49.8 Å². The van der Waals surface area contributed by atoms with Crippen molar-refractivity contribution >= 4 is 11.8 Å². The molecule has 0 aliphatic carbocycles. The first-order chi connectivity index (χ1) is 7.54. The Morgan fingerprint density at radius 3 is 2.62 bits per heavy atom. The zero-order valence-corrected chi connectivity index (χ0v) is 11.0. The number of benzene rings is 1. The Morgan fingerprint density at radius 2 is 2.06 bits per heavy atom. The van der Waals surface area contributed by atoms with Crippen molar-refractivity contribution in [3.8, 4) is 0 Å². The molecule has 3 heteroatoms. The lowest BCUT2D eigenvalue weighted by atomic mass is 10.1. The average Bonchev–Trinajstić information content (AvgIpc) is 2.22. The highest BCUT2D eigenvalue weighted by Gasteiger charge is 2.12. The van der Waals surface area contributed by atoms with Gasteiger partial charge in [-0.3, -0.25) is 0 Å². The van der Waals surface area contributed by atoms with Crippen LogP contribution in [-0.4, -0.2) is 11.3 Å². The van der Waals surface area contributed by atoms with Gasteiger partial charge >= 0.3 is 0 Å². The molecule has 2 atom stereocenters. The fraction of sp³-hybridized carbons (Fsp3) is 0.538. The summed E-state index contributed by atoms with van der Waals surface area (Å²) in [5.41, 5.74) is 6.52. The van der Waals surface area contributed by atoms with Crippen LogP contribution in [0.2, 0.25) is 0 Å². The van der Waals surface area contributed by atoms with Gasteiger partial charge in [0.1, 0.15) is 5.82 Å². The molecule has 0 heterocycles. The van der Waals surface area contributed by atoms with Crippen LogP contribution in [0.15, 0.2) is 23.1 Å². The van der Waals surface area contributed by atoms with Crippen molar-refractivity contribution in [1.29, 1.82) is 0 Å². The topological polar surface area (TPSA) is 26.0 Å². The van der Waals surface area contributed by atoms with E-state index in [0.717, 1.165) is 16.9 Å². The Morgan fingerprint density at radius 1 is 1.38 bits per heavy atom. The normalized spacial score (nSPS) is 14.8. The lowest BCUT2D eigenvalue weighted by molar-refractivity contribution is 0.588. The van der Waals surface area contributed by atoms with Crippen LogP contribution in [0.4, 0.5) is 4.39 Å². The smallest absolute Gasteiger partial charge is 0.127 e. The van der Waals surface area contributed by atoms with Gasteiger partial charge in [-0.05, 0) is 31.9 Å². The van der Waals surface area contributed by atoms with Gasteiger partial charge in [0.2, 0.25) is 0 Å². The zero-order chi connectivity index (χ0) is 12.1. The molecule has 0 radical (unpaired) electrons. The summed E-state index contributed by atoms with van der Waals surface area (Å²) in [4.78, 5) is 1.03. The van der Waals surface area contributed by atoms with Crippen molar-refractivity contribution < 1.29 is 4.39 Å². The molecule has 2 unspecified atom stereocenters. The third-order valence-electron chi connectivity index (χ3n) is 2.51. The number of halogens is 1. The molecule has 0 spiro atoms. The van der Waals surface area contributed by atoms with Gasteiger partial charge < -0.3 is 5.73 Å². The summed E-state index contributed by atoms with van der Waals surface area (Å²) in [5, 5.41) is 0.508. The second-order valence-electron chi connectivity index (χ2n) is 4.23. The van der Waals surface area contributed by atoms with E-state index >= 15 is 0 Å². The second kappa shape index (κ2) is 6.26. The zero-order valence-electron chi connectivity index (χ0n) is 10.2. The van der Waals surface area contributed by atoms with Crippen LogP contribution in [0.3, 0.4) is 0 Å². The molecule has 1 aromatic carbocycles. The van der Waals surface area contributed by atoms with Crippen molar-refractivity contribution in [2.75, 3.05) is 0 Å². The second-order valence-corrected chi connectivity index (χ2v) is 5.71. The highest BCUT2D eigenvalue weighted by atomic mass is 32.2. The van der Waals surface area contributed by atoms with Crippen LogP contribution in [0, 0.1) is 5.82 Å². The predicted molar refractivity (Wildman–Crippen MR) is 69.4 cm³/mol. The third-order valence-corrected chi connectivity index (χ3v) is 3.88. The lowest BCUT2D eigenvalue weighted by Gasteiger charge is -2.15. The molecule has 2 N–H and O–H groups in total. The quantitative estimate of drug-likeness (QED) is 0.797. The summed E-state index contributed by atoms with van der Waals surface area (Å²) in [6.07, 6.45) is 1.68. The van der Waals surface area contributed by atoms with E-state index in [0.29, 0.717) is 11.7 Å². The van der Waals surface area contributed by atoms with Gasteiger partial charge in [0.25, 0.3) is 0 Å². The fourth-order valence-corrected chi connectivity index (χ4v) is 2.55. The van der Waals surface area contributed by atoms with E-state index in [1.54, 1.807) is 17.8 Å². The van der Waals surface area contributed by atoms with Crippen LogP contribution in [0.5, 0.6) is 0 Å². The van der Waals surface area contributed by atoms with Gasteiger partial charge in [-0.1, -0.05) is 19.9 Å². The van der Waals surface area contributed by atoms with Crippen LogP contribution in [-0.2, 0) is 6.42 Å². The largest absolute Gasteiger partial charge is 0.328 e. The van der Waals surface area contributed by atoms with Gasteiger partial charge in [0.15, 0.2) is 0 Å². The van der Waals surface area contributed by atoms with Crippen molar-refractivity contribution in [3.05, 3.63) is 29.6 Å². The summed E-state index contributed by atoms with van der Waals surface area (Å²) in [7, 11) is 0. The van der Waals surface area contributed by atoms with E-state index in [4.69, 9.17) is 5.73 Å². The molecule has 1 nitrogen and oxygen atoms in total. The molecular weight excluding hydrogens is 221 g/mol. The van der Waals surface area contributed by atoms with E-state index in [1.165, 1.54) is 6.07 Å². The van der Waals surface area contributed by atoms with Gasteiger partial charge in [-0.15, -0.1) is 11.8 Å². The van der Waals surface area contributed by atoms with Crippen molar-refractivity contribution in [1.82, 2.24) is 0 Å². The molecule has 0 saturated heterocycles. The molecule has 0 aromatic heterocycles. The third kappa shape index (κ3) is 3.80. The van der Waals surface area contributed by atoms with Gasteiger partial charge in [0, 0.05) is 21.8 Å². The molecular formula is C13H20FNS. The predicted octanol–water partition coefficient (Wildman–Crippen LogP) is 3.61. The molecule has 90 valence electrons. The number of hydrogen-bond donors (Lipinski definition) is 1. The SMILES string of the molecule is CCC(C)Sc1cccc(F)c1CC(C)N. The maximum atomic E-state index is 13.7. The highest BCUT2D eigenvalue weighted by molar-refractivity contribution is 8.00. The van der Waals surface area contributed by atoms with E-state index in [9.17, 15) is 4.39 Å². The minimum atomic E-state index is -0.134. The average molecular weight is 241 g/mol. The highest BCUT2D eigenvalue weighted by Crippen LogP contribution is 2.30. The number of rotatable bonds is 5. The summed E-state index contributed by atoms with van der Waals surface area (Å²) in [5.74, 6) is -0.134. The maximum absolute atomic E-state index is 13.7. The van der Waals surface area contributed by atoms with Crippen LogP contribution < -0.4 is 5.73 Å². The van der Waals surface area contributed by atoms with E-state index in [1.807, 2.05) is 13.0 Å². The summed E-state index contributed by atoms with van der Waals surface area (Å²) in [6, 6.07) is 5.26. The van der Waals surface area contributed by atoms with Gasteiger partial charge in [-0.2, -0.15) is 0 Å². The van der Waals surface area contributed by atoms with E-state index in [-0.39, 0.29) is 11.9 Å². The maximum Gasteiger partial charge on any atom is 0.127 e. The standard InChI is InChI=1S/C13H20FNS/c1-4-10(3)16-13-7-5-6-12(14)11(13)8-9(2)15/h5-7,9-10H,4,8,15H2,1-3H3. The van der Waals surface area contributed by atoms with E-state index in [2.05, 4.69) is 13.8 Å². The first kappa shape index (κ1) is 13.5. The fourth-order valence-electron chi connectivity index (χ4n) is 1.47. The Hall–Kier alpha value is -0.540. The Labute approximate surface area is 102 Å². The molecule has 0 saturated carbocycles. The molecule has 0 bridgehead atoms. The Kier molecular flexibility index (Phi) is 5.29. The monoisotopic (exact) mass is 241 g/mol. The van der Waals surface area contributed by atoms with Crippen LogP contribution in [0.25, 0.3) is 0 Å². The van der Waals surface area contributed by atoms with Gasteiger partial charge in [-0.25, -0.2) is 4.39 Å². The van der Waals surface area contributed by atoms with Crippen LogP contribution in [0.1, 0.15) is 32.8 Å². The lowest BCUT2D eigenvalue weighted by Crippen LogP contribution is -2.19. The summed E-state index contributed by atoms with van der Waals surface area (Å²) >= 11 is 1.73. The molecule has 1 rings (SSSR count). The van der Waals surface area contributed by atoms with Crippen molar-refractivity contribution in [2.24, 2.45) is 5.73 Å². The van der Waals surface area contributed by atoms with Gasteiger partial charge in [0.05, 0.1) is 0 Å². The number of thioether (sulfide) groups is 1. The Bertz CT molecular complexity index is 339. The molecule has 0 fully saturated rings. The number of nitrogens with two attached hydrogens (primary N) is 1. The first-order valence-corrected chi connectivity index (χ1v) is 6.62. The van der Waals surface area contributed by atoms with Crippen LogP contribution >= 0.6 is 11.8 Å². The minimum absolute atomic E-state index is 0.00631. The summed E-state index contributed by atoms with van der Waals surface area (Å²) < 4.78 is 13.7. The molecule has 0 aliphatic heterocycles. The number of hydrogen-bond acceptors (Lipinski definition) is 2. The molecule has 1 aromatic rings. The van der Waals surface area contributed by atoms with E-state index < -0.39 is 0 Å². The first-order valence-electron chi connectivity index (χ1n) is 5.74. The molecule has 0 amide bonds. The Balaban J connectivity index is 2.93. The van der Waals surface area contributed by atoms with Crippen molar-refractivity contribution in [3.63, 3.8) is 0 Å². The molecule has 0 aliphatic rings. The molecule has 16 heavy (non-hydrogen) atoms. The summed E-state index contributed by atoms with van der Waals surface area (Å²) in [6.45, 7) is 6.21.